The predicted molar refractivity (Wildman–Crippen MR) is 78.4 cm³/mol. The van der Waals surface area contributed by atoms with E-state index in [1.165, 1.54) is 0 Å². The molecule has 5 heteroatoms. The van der Waals surface area contributed by atoms with E-state index in [-0.39, 0.29) is 22.2 Å². The molecular formula is C16H18O4S. The van der Waals surface area contributed by atoms with Gasteiger partial charge in [-0.2, -0.15) is 0 Å². The van der Waals surface area contributed by atoms with Crippen molar-refractivity contribution in [1.29, 1.82) is 0 Å². The van der Waals surface area contributed by atoms with Crippen LogP contribution in [0.15, 0.2) is 18.2 Å². The molecule has 112 valence electrons. The van der Waals surface area contributed by atoms with E-state index in [0.29, 0.717) is 25.0 Å². The van der Waals surface area contributed by atoms with Crippen LogP contribution in [0.5, 0.6) is 5.75 Å². The largest absolute Gasteiger partial charge is 0.493 e. The van der Waals surface area contributed by atoms with Gasteiger partial charge in [-0.25, -0.2) is 8.42 Å². The molecular weight excluding hydrogens is 288 g/mol. The van der Waals surface area contributed by atoms with Gasteiger partial charge in [-0.3, -0.25) is 4.79 Å². The summed E-state index contributed by atoms with van der Waals surface area (Å²) < 4.78 is 29.7. The number of ether oxygens (including phenoxy) is 1. The number of hydrogen-bond acceptors (Lipinski definition) is 4. The number of fused-ring (bicyclic) bond motifs is 3. The minimum absolute atomic E-state index is 0.108. The van der Waals surface area contributed by atoms with Crippen molar-refractivity contribution < 1.29 is 17.9 Å². The van der Waals surface area contributed by atoms with Crippen LogP contribution < -0.4 is 4.74 Å². The highest BCUT2D eigenvalue weighted by Gasteiger charge is 2.48. The number of Topliss-reactive ketones (excluding diaryl/α,β-unsaturated/α-hetero) is 1. The van der Waals surface area contributed by atoms with E-state index in [9.17, 15) is 13.2 Å². The number of ketones is 1. The maximum Gasteiger partial charge on any atom is 0.166 e. The van der Waals surface area contributed by atoms with Crippen LogP contribution in [-0.4, -0.2) is 31.3 Å². The molecule has 0 aromatic heterocycles. The SMILES string of the molecule is O=C(c1ccc2c(c1)CCO2)C1CC2CCC(C1)S2(=O)=O. The first-order chi connectivity index (χ1) is 10.1. The summed E-state index contributed by atoms with van der Waals surface area (Å²) >= 11 is 0. The molecule has 2 saturated heterocycles. The molecule has 1 aromatic carbocycles. The molecule has 3 heterocycles. The van der Waals surface area contributed by atoms with Gasteiger partial charge in [0.15, 0.2) is 15.6 Å². The Bertz CT molecular complexity index is 687. The van der Waals surface area contributed by atoms with Crippen LogP contribution in [0.2, 0.25) is 0 Å². The lowest BCUT2D eigenvalue weighted by molar-refractivity contribution is 0.0905. The Morgan fingerprint density at radius 3 is 2.57 bits per heavy atom. The van der Waals surface area contributed by atoms with Gasteiger partial charge >= 0.3 is 0 Å². The van der Waals surface area contributed by atoms with Crippen LogP contribution in [0.1, 0.15) is 41.6 Å². The zero-order chi connectivity index (χ0) is 14.6. The quantitative estimate of drug-likeness (QED) is 0.786. The van der Waals surface area contributed by atoms with Gasteiger partial charge in [0, 0.05) is 17.9 Å². The molecule has 1 aromatic rings. The molecule has 4 rings (SSSR count). The number of rotatable bonds is 2. The van der Waals surface area contributed by atoms with Crippen molar-refractivity contribution in [3.8, 4) is 5.75 Å². The Hall–Kier alpha value is -1.36. The van der Waals surface area contributed by atoms with Gasteiger partial charge in [-0.1, -0.05) is 0 Å². The van der Waals surface area contributed by atoms with Crippen molar-refractivity contribution in [2.24, 2.45) is 5.92 Å². The monoisotopic (exact) mass is 306 g/mol. The minimum Gasteiger partial charge on any atom is -0.493 e. The lowest BCUT2D eigenvalue weighted by atomic mass is 9.89. The van der Waals surface area contributed by atoms with Crippen LogP contribution in [0, 0.1) is 5.92 Å². The van der Waals surface area contributed by atoms with Crippen molar-refractivity contribution in [3.63, 3.8) is 0 Å². The summed E-state index contributed by atoms with van der Waals surface area (Å²) in [6, 6.07) is 5.61. The molecule has 0 aliphatic carbocycles. The molecule has 3 aliphatic rings. The predicted octanol–water partition coefficient (Wildman–Crippen LogP) is 2.16. The second-order valence-corrected chi connectivity index (χ2v) is 8.88. The fourth-order valence-electron chi connectivity index (χ4n) is 4.00. The molecule has 0 amide bonds. The molecule has 3 aliphatic heterocycles. The number of sulfone groups is 1. The van der Waals surface area contributed by atoms with Crippen molar-refractivity contribution in [2.45, 2.75) is 42.6 Å². The Morgan fingerprint density at radius 2 is 1.86 bits per heavy atom. The van der Waals surface area contributed by atoms with Crippen molar-refractivity contribution >= 4 is 15.6 Å². The summed E-state index contributed by atoms with van der Waals surface area (Å²) in [5.74, 6) is 0.848. The molecule has 4 nitrogen and oxygen atoms in total. The molecule has 21 heavy (non-hydrogen) atoms. The molecule has 2 fully saturated rings. The summed E-state index contributed by atoms with van der Waals surface area (Å²) in [6.07, 6.45) is 3.32. The van der Waals surface area contributed by atoms with Crippen molar-refractivity contribution in [2.75, 3.05) is 6.61 Å². The van der Waals surface area contributed by atoms with Crippen molar-refractivity contribution in [3.05, 3.63) is 29.3 Å². The highest BCUT2D eigenvalue weighted by Crippen LogP contribution is 2.42. The van der Waals surface area contributed by atoms with Crippen LogP contribution in [0.4, 0.5) is 0 Å². The first-order valence-corrected chi connectivity index (χ1v) is 9.19. The summed E-state index contributed by atoms with van der Waals surface area (Å²) in [7, 11) is -2.96. The average Bonchev–Trinajstić information content (AvgIpc) is 2.94. The van der Waals surface area contributed by atoms with E-state index < -0.39 is 9.84 Å². The summed E-state index contributed by atoms with van der Waals surface area (Å²) in [4.78, 5) is 12.7. The summed E-state index contributed by atoms with van der Waals surface area (Å²) in [5.41, 5.74) is 1.80. The lowest BCUT2D eigenvalue weighted by Gasteiger charge is -2.27. The van der Waals surface area contributed by atoms with Crippen LogP contribution in [0.25, 0.3) is 0 Å². The second kappa shape index (κ2) is 4.57. The molecule has 0 N–H and O–H groups in total. The topological polar surface area (TPSA) is 60.4 Å². The van der Waals surface area contributed by atoms with Gasteiger partial charge in [-0.05, 0) is 49.4 Å². The Labute approximate surface area is 124 Å². The lowest BCUT2D eigenvalue weighted by Crippen LogP contribution is -2.36. The van der Waals surface area contributed by atoms with E-state index in [1.54, 1.807) is 0 Å². The molecule has 0 spiro atoms. The second-order valence-electron chi connectivity index (χ2n) is 6.36. The number of carbonyl (C=O) groups is 1. The van der Waals surface area contributed by atoms with Crippen LogP contribution in [0.3, 0.4) is 0 Å². The van der Waals surface area contributed by atoms with E-state index in [0.717, 1.165) is 30.6 Å². The molecule has 2 bridgehead atoms. The highest BCUT2D eigenvalue weighted by molar-refractivity contribution is 7.93. The van der Waals surface area contributed by atoms with Gasteiger partial charge in [0.2, 0.25) is 0 Å². The molecule has 0 saturated carbocycles. The van der Waals surface area contributed by atoms with Crippen molar-refractivity contribution in [1.82, 2.24) is 0 Å². The number of benzene rings is 1. The van der Waals surface area contributed by atoms with E-state index in [4.69, 9.17) is 4.74 Å². The third-order valence-electron chi connectivity index (χ3n) is 5.18. The van der Waals surface area contributed by atoms with Gasteiger partial charge in [0.05, 0.1) is 17.1 Å². The maximum atomic E-state index is 12.7. The summed E-state index contributed by atoms with van der Waals surface area (Å²) in [5, 5.41) is -0.578. The minimum atomic E-state index is -2.96. The Balaban J connectivity index is 1.59. The molecule has 0 radical (unpaired) electrons. The maximum absolute atomic E-state index is 12.7. The summed E-state index contributed by atoms with van der Waals surface area (Å²) in [6.45, 7) is 0.679. The first kappa shape index (κ1) is 13.3. The number of hydrogen-bond donors (Lipinski definition) is 0. The zero-order valence-electron chi connectivity index (χ0n) is 11.7. The van der Waals surface area contributed by atoms with Gasteiger partial charge in [0.1, 0.15) is 5.75 Å². The normalized spacial score (nSPS) is 32.5. The van der Waals surface area contributed by atoms with Crippen LogP contribution in [-0.2, 0) is 16.3 Å². The Kier molecular flexibility index (Phi) is 2.89. The van der Waals surface area contributed by atoms with Gasteiger partial charge < -0.3 is 4.74 Å². The average molecular weight is 306 g/mol. The highest BCUT2D eigenvalue weighted by atomic mass is 32.2. The van der Waals surface area contributed by atoms with Gasteiger partial charge in [-0.15, -0.1) is 0 Å². The zero-order valence-corrected chi connectivity index (χ0v) is 12.6. The third-order valence-corrected chi connectivity index (χ3v) is 7.89. The number of carbonyl (C=O) groups excluding carboxylic acids is 1. The van der Waals surface area contributed by atoms with E-state index in [1.807, 2.05) is 18.2 Å². The first-order valence-electron chi connectivity index (χ1n) is 7.58. The smallest absolute Gasteiger partial charge is 0.166 e. The van der Waals surface area contributed by atoms with E-state index >= 15 is 0 Å². The van der Waals surface area contributed by atoms with Crippen LogP contribution >= 0.6 is 0 Å². The van der Waals surface area contributed by atoms with Gasteiger partial charge in [0.25, 0.3) is 0 Å². The Morgan fingerprint density at radius 1 is 1.14 bits per heavy atom. The standard InChI is InChI=1S/C16H18O4S/c17-16(11-1-4-15-10(7-11)5-6-20-15)12-8-13-2-3-14(9-12)21(13,18)19/h1,4,7,12-14H,2-3,5-6,8-9H2. The van der Waals surface area contributed by atoms with E-state index in [2.05, 4.69) is 0 Å². The molecule has 2 unspecified atom stereocenters. The fourth-order valence-corrected chi connectivity index (χ4v) is 6.47. The third kappa shape index (κ3) is 2.01. The fraction of sp³-hybridized carbons (Fsp3) is 0.562. The molecule has 2 atom stereocenters.